The van der Waals surface area contributed by atoms with Crippen LogP contribution < -0.4 is 0 Å². The minimum atomic E-state index is 0.520. The molecule has 12 heteroatoms. The molecule has 0 spiro atoms. The van der Waals surface area contributed by atoms with Crippen molar-refractivity contribution >= 4 is 217 Å². The summed E-state index contributed by atoms with van der Waals surface area (Å²) in [5.41, 5.74) is 26.4. The van der Waals surface area contributed by atoms with Crippen molar-refractivity contribution in [2.24, 2.45) is 0 Å². The molecule has 122 heavy (non-hydrogen) atoms. The minimum Gasteiger partial charge on any atom is -0.437 e. The van der Waals surface area contributed by atoms with E-state index in [1.165, 1.54) is 91.7 Å². The number of fused-ring (bicyclic) bond motifs is 32. The van der Waals surface area contributed by atoms with Gasteiger partial charge in [0, 0.05) is 113 Å². The molecular formula is C110H60N10OS. The van der Waals surface area contributed by atoms with Gasteiger partial charge in [-0.15, -0.1) is 11.3 Å². The molecule has 17 aromatic carbocycles. The van der Waals surface area contributed by atoms with Crippen LogP contribution in [0.3, 0.4) is 0 Å². The van der Waals surface area contributed by atoms with Crippen LogP contribution in [0.25, 0.3) is 274 Å². The molecule has 12 heterocycles. The predicted octanol–water partition coefficient (Wildman–Crippen LogP) is 28.9. The van der Waals surface area contributed by atoms with E-state index in [4.69, 9.17) is 24.4 Å². The molecule has 0 saturated heterocycles. The zero-order valence-corrected chi connectivity index (χ0v) is 65.7. The lowest BCUT2D eigenvalue weighted by Crippen LogP contribution is -2.06. The maximum atomic E-state index is 6.96. The second kappa shape index (κ2) is 23.8. The molecule has 29 rings (SSSR count). The van der Waals surface area contributed by atoms with Crippen molar-refractivity contribution in [3.05, 3.63) is 364 Å². The Kier molecular flexibility index (Phi) is 12.6. The third-order valence-electron chi connectivity index (χ3n) is 26.5. The highest BCUT2D eigenvalue weighted by molar-refractivity contribution is 7.25. The zero-order valence-electron chi connectivity index (χ0n) is 64.9. The Morgan fingerprint density at radius 3 is 1.27 bits per heavy atom. The Morgan fingerprint density at radius 2 is 0.656 bits per heavy atom. The van der Waals surface area contributed by atoms with E-state index in [1.807, 2.05) is 12.1 Å². The molecule has 0 amide bonds. The fourth-order valence-corrected chi connectivity index (χ4v) is 22.5. The smallest absolute Gasteiger partial charge is 0.238 e. The maximum Gasteiger partial charge on any atom is 0.238 e. The molecule has 0 bridgehead atoms. The third kappa shape index (κ3) is 8.55. The van der Waals surface area contributed by atoms with E-state index < -0.39 is 0 Å². The van der Waals surface area contributed by atoms with Crippen LogP contribution in [-0.2, 0) is 0 Å². The summed E-state index contributed by atoms with van der Waals surface area (Å²) >= 11 is 1.73. The first kappa shape index (κ1) is 64.8. The average Bonchev–Trinajstić information content (AvgIpc) is 1.52. The predicted molar refractivity (Wildman–Crippen MR) is 506 cm³/mol. The number of thiophene rings is 1. The Morgan fingerprint density at radius 1 is 0.221 bits per heavy atom. The number of nitrogens with zero attached hydrogens (tertiary/aromatic N) is 10. The highest BCUT2D eigenvalue weighted by Gasteiger charge is 2.32. The van der Waals surface area contributed by atoms with Crippen LogP contribution in [-0.4, -0.2) is 47.0 Å². The molecule has 0 aliphatic carbocycles. The largest absolute Gasteiger partial charge is 0.437 e. The van der Waals surface area contributed by atoms with Crippen molar-refractivity contribution in [3.63, 3.8) is 0 Å². The molecule has 0 unspecified atom stereocenters. The van der Waals surface area contributed by atoms with Gasteiger partial charge in [0.15, 0.2) is 5.82 Å². The number of furan rings is 1. The van der Waals surface area contributed by atoms with E-state index in [9.17, 15) is 0 Å². The van der Waals surface area contributed by atoms with Gasteiger partial charge in [0.25, 0.3) is 0 Å². The highest BCUT2D eigenvalue weighted by atomic mass is 32.1. The van der Waals surface area contributed by atoms with Crippen LogP contribution in [0.15, 0.2) is 368 Å². The molecule has 12 aromatic heterocycles. The van der Waals surface area contributed by atoms with Gasteiger partial charge in [0.1, 0.15) is 10.4 Å². The molecule has 29 aromatic rings. The lowest BCUT2D eigenvalue weighted by Gasteiger charge is -2.13. The van der Waals surface area contributed by atoms with Crippen molar-refractivity contribution in [1.82, 2.24) is 47.0 Å². The summed E-state index contributed by atoms with van der Waals surface area (Å²) in [7, 11) is 0. The van der Waals surface area contributed by atoms with Crippen LogP contribution >= 0.6 is 11.3 Å². The fourth-order valence-electron chi connectivity index (χ4n) is 21.5. The molecule has 0 atom stereocenters. The van der Waals surface area contributed by atoms with Gasteiger partial charge in [-0.2, -0.15) is 9.97 Å². The summed E-state index contributed by atoms with van der Waals surface area (Å²) in [6, 6.07) is 133. The molecule has 562 valence electrons. The monoisotopic (exact) mass is 1570 g/mol. The highest BCUT2D eigenvalue weighted by Crippen LogP contribution is 2.52. The fraction of sp³-hybridized carbons (Fsp3) is 0. The Bertz CT molecular complexity index is 9640. The second-order valence-corrected chi connectivity index (χ2v) is 33.7. The van der Waals surface area contributed by atoms with Crippen LogP contribution in [0.5, 0.6) is 0 Å². The van der Waals surface area contributed by atoms with Crippen molar-refractivity contribution in [2.75, 3.05) is 0 Å². The number of para-hydroxylation sites is 8. The van der Waals surface area contributed by atoms with E-state index in [-0.39, 0.29) is 0 Å². The van der Waals surface area contributed by atoms with Crippen molar-refractivity contribution in [2.45, 2.75) is 0 Å². The molecule has 0 radical (unpaired) electrons. The quantitative estimate of drug-likeness (QED) is 0.151. The summed E-state index contributed by atoms with van der Waals surface area (Å²) in [5.74, 6) is 1.99. The van der Waals surface area contributed by atoms with E-state index >= 15 is 0 Å². The van der Waals surface area contributed by atoms with Gasteiger partial charge in [0.2, 0.25) is 17.6 Å². The van der Waals surface area contributed by atoms with Gasteiger partial charge in [-0.05, 0) is 155 Å². The van der Waals surface area contributed by atoms with E-state index in [2.05, 4.69) is 379 Å². The standard InChI is InChI=1S/C110H60N10OS/c1-3-24-61(25-4-1)64-47-51-90-81(55-64)97-93(59-79-71-32-9-15-38-83(71)116-87-42-19-11-34-74(87)99(97)104(79)116)119(90)109-111-103(101-76-36-13-21-44-95(76)121-107(101)113-109)67-49-53-89-78(57-67)73-50-46-66(58-92(73)115(89)68-28-5-2-6-29-68)63-27-23-26-62(54-63)65-48-52-91-82(56-65)98-94(60-80-72-33-10-16-39-84(72)117-88-43-20-12-35-75(88)100(98)105(80)117)120(91)110-112-106(102-77-37-14-22-45-96(77)122-108(102)114-110)118-85-40-17-7-30-69(85)70-31-8-18-41-86(70)118/h1-60H. The van der Waals surface area contributed by atoms with Crippen LogP contribution in [0.2, 0.25) is 0 Å². The van der Waals surface area contributed by atoms with Gasteiger partial charge < -0.3 is 17.8 Å². The number of benzene rings is 17. The van der Waals surface area contributed by atoms with Crippen molar-refractivity contribution in [1.29, 1.82) is 0 Å². The second-order valence-electron chi connectivity index (χ2n) is 32.7. The molecule has 0 aliphatic heterocycles. The van der Waals surface area contributed by atoms with Crippen LogP contribution in [0.4, 0.5) is 0 Å². The zero-order chi connectivity index (χ0) is 79.0. The first-order valence-electron chi connectivity index (χ1n) is 41.5. The number of hydrogen-bond donors (Lipinski definition) is 0. The van der Waals surface area contributed by atoms with Crippen molar-refractivity contribution in [3.8, 4) is 68.0 Å². The van der Waals surface area contributed by atoms with Gasteiger partial charge >= 0.3 is 0 Å². The minimum absolute atomic E-state index is 0.520. The van der Waals surface area contributed by atoms with E-state index in [0.29, 0.717) is 17.6 Å². The summed E-state index contributed by atoms with van der Waals surface area (Å²) in [6.45, 7) is 0. The van der Waals surface area contributed by atoms with Gasteiger partial charge in [0.05, 0.1) is 93.7 Å². The summed E-state index contributed by atoms with van der Waals surface area (Å²) in [5, 5.41) is 22.7. The normalized spacial score (nSPS) is 12.6. The van der Waals surface area contributed by atoms with E-state index in [0.717, 1.165) is 165 Å². The van der Waals surface area contributed by atoms with Crippen LogP contribution in [0.1, 0.15) is 0 Å². The topological polar surface area (TPSA) is 93.2 Å². The molecule has 0 saturated carbocycles. The SMILES string of the molecule is c1ccc(-c2ccc3c(c2)c2c4c5ccccc5n5c6ccccc6c(cc2n3-c2nc(-c3ccc6c(c3)c3ccc(-c7cccc(-c8ccc9c(c8)c8c%10c%11ccccc%11n%11c%12ccccc%12c(cc8n9-c8nc(-n9c%12ccccc%12c%12ccccc%129)c9c(n8)sc8ccccc89)c%10%11)c7)cc3n6-c3ccccc3)c3c(n2)oc2ccccc23)c45)cc1. The van der Waals surface area contributed by atoms with Gasteiger partial charge in [-0.25, -0.2) is 9.97 Å². The Labute approximate surface area is 695 Å². The lowest BCUT2D eigenvalue weighted by molar-refractivity contribution is 0.651. The molecule has 0 aliphatic rings. The lowest BCUT2D eigenvalue weighted by atomic mass is 9.96. The summed E-state index contributed by atoms with van der Waals surface area (Å²) in [6.07, 6.45) is 0. The molecular weight excluding hydrogens is 1510 g/mol. The number of rotatable bonds is 8. The molecule has 0 fully saturated rings. The maximum absolute atomic E-state index is 6.96. The van der Waals surface area contributed by atoms with Crippen molar-refractivity contribution < 1.29 is 4.42 Å². The van der Waals surface area contributed by atoms with Gasteiger partial charge in [-0.3, -0.25) is 13.7 Å². The first-order chi connectivity index (χ1) is 60.5. The third-order valence-corrected chi connectivity index (χ3v) is 27.6. The summed E-state index contributed by atoms with van der Waals surface area (Å²) < 4.78 is 22.5. The number of aromatic nitrogens is 10. The van der Waals surface area contributed by atoms with Crippen LogP contribution in [0, 0.1) is 0 Å². The van der Waals surface area contributed by atoms with E-state index in [1.54, 1.807) is 11.3 Å². The average molecular weight is 1570 g/mol. The molecule has 0 N–H and O–H groups in total. The van der Waals surface area contributed by atoms with Gasteiger partial charge in [-0.1, -0.05) is 243 Å². The Hall–Kier alpha value is -16.3. The molecule has 11 nitrogen and oxygen atoms in total. The summed E-state index contributed by atoms with van der Waals surface area (Å²) in [4.78, 5) is 24.1. The Balaban J connectivity index is 0.623. The number of hydrogen-bond acceptors (Lipinski definition) is 6. The first-order valence-corrected chi connectivity index (χ1v) is 42.3.